The van der Waals surface area contributed by atoms with Gasteiger partial charge in [-0.3, -0.25) is 4.99 Å². The molecule has 0 saturated heterocycles. The van der Waals surface area contributed by atoms with Gasteiger partial charge in [0.2, 0.25) is 0 Å². The van der Waals surface area contributed by atoms with Crippen LogP contribution in [0.5, 0.6) is 0 Å². The number of allylic oxidation sites excluding steroid dienone is 2. The third kappa shape index (κ3) is 3.51. The highest BCUT2D eigenvalue weighted by Crippen LogP contribution is 2.10. The van der Waals surface area contributed by atoms with Crippen LogP contribution in [0.2, 0.25) is 0 Å². The molecule has 0 aliphatic carbocycles. The molecule has 0 aliphatic heterocycles. The minimum atomic E-state index is 0.513. The van der Waals surface area contributed by atoms with Crippen molar-refractivity contribution in [2.24, 2.45) is 10.9 Å². The number of hydrogen-bond acceptors (Lipinski definition) is 1. The summed E-state index contributed by atoms with van der Waals surface area (Å²) in [4.78, 5) is 4.47. The van der Waals surface area contributed by atoms with E-state index in [1.165, 1.54) is 0 Å². The molecule has 0 heterocycles. The molecule has 0 N–H and O–H groups in total. The molecule has 68 valence electrons. The first-order chi connectivity index (χ1) is 5.49. The van der Waals surface area contributed by atoms with Crippen LogP contribution in [0, 0.1) is 5.92 Å². The fraction of sp³-hybridized carbons (Fsp3) is 0.545. The highest BCUT2D eigenvalue weighted by Gasteiger charge is 1.99. The van der Waals surface area contributed by atoms with Gasteiger partial charge >= 0.3 is 0 Å². The second-order valence-electron chi connectivity index (χ2n) is 3.36. The predicted molar refractivity (Wildman–Crippen MR) is 56.5 cm³/mol. The van der Waals surface area contributed by atoms with E-state index in [1.807, 2.05) is 19.9 Å². The van der Waals surface area contributed by atoms with Gasteiger partial charge in [0.05, 0.1) is 5.70 Å². The maximum absolute atomic E-state index is 4.47. The largest absolute Gasteiger partial charge is 0.258 e. The van der Waals surface area contributed by atoms with E-state index < -0.39 is 0 Å². The minimum absolute atomic E-state index is 0.513. The molecule has 0 bridgehead atoms. The van der Waals surface area contributed by atoms with Crippen molar-refractivity contribution >= 4 is 5.71 Å². The van der Waals surface area contributed by atoms with Crippen molar-refractivity contribution in [1.82, 2.24) is 0 Å². The summed E-state index contributed by atoms with van der Waals surface area (Å²) in [5.74, 6) is 0.513. The highest BCUT2D eigenvalue weighted by atomic mass is 14.8. The van der Waals surface area contributed by atoms with Crippen LogP contribution < -0.4 is 0 Å². The first kappa shape index (κ1) is 11.2. The van der Waals surface area contributed by atoms with Gasteiger partial charge in [-0.05, 0) is 32.3 Å². The molecule has 0 saturated carbocycles. The van der Waals surface area contributed by atoms with Gasteiger partial charge in [0.1, 0.15) is 0 Å². The lowest BCUT2D eigenvalue weighted by Crippen LogP contribution is -2.02. The van der Waals surface area contributed by atoms with Crippen LogP contribution in [0.25, 0.3) is 0 Å². The summed E-state index contributed by atoms with van der Waals surface area (Å²) in [7, 11) is 0. The molecule has 0 aromatic carbocycles. The zero-order chi connectivity index (χ0) is 9.72. The van der Waals surface area contributed by atoms with E-state index in [0.29, 0.717) is 5.92 Å². The van der Waals surface area contributed by atoms with Crippen LogP contribution in [0.3, 0.4) is 0 Å². The van der Waals surface area contributed by atoms with E-state index in [0.717, 1.165) is 17.0 Å². The van der Waals surface area contributed by atoms with Crippen molar-refractivity contribution in [2.45, 2.75) is 34.6 Å². The molecule has 0 aromatic rings. The van der Waals surface area contributed by atoms with Gasteiger partial charge in [-0.2, -0.15) is 0 Å². The Labute approximate surface area is 75.9 Å². The number of aliphatic imine (C=N–C) groups is 1. The van der Waals surface area contributed by atoms with Gasteiger partial charge in [0, 0.05) is 5.71 Å². The first-order valence-corrected chi connectivity index (χ1v) is 4.36. The molecule has 0 rings (SSSR count). The van der Waals surface area contributed by atoms with E-state index in [1.54, 1.807) is 0 Å². The van der Waals surface area contributed by atoms with Crippen molar-refractivity contribution < 1.29 is 0 Å². The predicted octanol–water partition coefficient (Wildman–Crippen LogP) is 3.58. The Morgan fingerprint density at radius 2 is 1.83 bits per heavy atom. The zero-order valence-corrected chi connectivity index (χ0v) is 8.81. The molecule has 0 atom stereocenters. The molecule has 0 unspecified atom stereocenters. The van der Waals surface area contributed by atoms with Crippen molar-refractivity contribution in [3.8, 4) is 0 Å². The van der Waals surface area contributed by atoms with E-state index in [-0.39, 0.29) is 0 Å². The SMILES string of the molecule is C=C(C)C(=C/C)/N=C(/C)C(C)C. The third-order valence-corrected chi connectivity index (χ3v) is 1.84. The van der Waals surface area contributed by atoms with Crippen LogP contribution in [-0.2, 0) is 0 Å². The number of nitrogens with zero attached hydrogens (tertiary/aromatic N) is 1. The van der Waals surface area contributed by atoms with Crippen LogP contribution in [0.15, 0.2) is 28.9 Å². The summed E-state index contributed by atoms with van der Waals surface area (Å²) in [6, 6.07) is 0. The fourth-order valence-electron chi connectivity index (χ4n) is 0.725. The second-order valence-corrected chi connectivity index (χ2v) is 3.36. The number of hydrogen-bond donors (Lipinski definition) is 0. The monoisotopic (exact) mass is 165 g/mol. The molecule has 0 fully saturated rings. The van der Waals surface area contributed by atoms with Crippen molar-refractivity contribution in [3.05, 3.63) is 23.9 Å². The molecular formula is C11H19N. The maximum atomic E-state index is 4.47. The second kappa shape index (κ2) is 4.91. The van der Waals surface area contributed by atoms with Crippen LogP contribution in [0.1, 0.15) is 34.6 Å². The smallest absolute Gasteiger partial charge is 0.0609 e. The topological polar surface area (TPSA) is 12.4 Å². The van der Waals surface area contributed by atoms with Gasteiger partial charge < -0.3 is 0 Å². The van der Waals surface area contributed by atoms with Gasteiger partial charge in [-0.15, -0.1) is 0 Å². The fourth-order valence-corrected chi connectivity index (χ4v) is 0.725. The first-order valence-electron chi connectivity index (χ1n) is 4.36. The lowest BCUT2D eigenvalue weighted by molar-refractivity contribution is 0.875. The Bertz CT molecular complexity index is 219. The van der Waals surface area contributed by atoms with Gasteiger partial charge in [0.25, 0.3) is 0 Å². The Morgan fingerprint density at radius 3 is 2.08 bits per heavy atom. The Hall–Kier alpha value is -0.850. The molecule has 0 amide bonds. The standard InChI is InChI=1S/C11H19N/c1-7-11(9(4)5)12-10(6)8(2)3/h7-8H,4H2,1-3,5-6H3/b11-7-,12-10-. The molecule has 12 heavy (non-hydrogen) atoms. The Balaban J connectivity index is 4.60. The Kier molecular flexibility index (Phi) is 4.57. The molecule has 1 nitrogen and oxygen atoms in total. The van der Waals surface area contributed by atoms with Crippen molar-refractivity contribution in [1.29, 1.82) is 0 Å². The number of rotatable bonds is 3. The maximum Gasteiger partial charge on any atom is 0.0609 e. The van der Waals surface area contributed by atoms with E-state index >= 15 is 0 Å². The average Bonchev–Trinajstić information content (AvgIpc) is 1.98. The van der Waals surface area contributed by atoms with Crippen LogP contribution in [-0.4, -0.2) is 5.71 Å². The van der Waals surface area contributed by atoms with Crippen LogP contribution >= 0.6 is 0 Å². The molecular weight excluding hydrogens is 146 g/mol. The summed E-state index contributed by atoms with van der Waals surface area (Å²) in [6.45, 7) is 14.2. The highest BCUT2D eigenvalue weighted by molar-refractivity contribution is 5.85. The van der Waals surface area contributed by atoms with E-state index in [2.05, 4.69) is 32.3 Å². The average molecular weight is 165 g/mol. The Morgan fingerprint density at radius 1 is 1.33 bits per heavy atom. The minimum Gasteiger partial charge on any atom is -0.258 e. The summed E-state index contributed by atoms with van der Waals surface area (Å²) < 4.78 is 0. The zero-order valence-electron chi connectivity index (χ0n) is 8.81. The molecule has 0 radical (unpaired) electrons. The molecule has 0 aromatic heterocycles. The summed E-state index contributed by atoms with van der Waals surface area (Å²) in [6.07, 6.45) is 1.99. The molecule has 0 spiro atoms. The lowest BCUT2D eigenvalue weighted by Gasteiger charge is -2.06. The van der Waals surface area contributed by atoms with Gasteiger partial charge in [-0.1, -0.05) is 26.5 Å². The van der Waals surface area contributed by atoms with Gasteiger partial charge in [0.15, 0.2) is 0 Å². The van der Waals surface area contributed by atoms with Gasteiger partial charge in [-0.25, -0.2) is 0 Å². The van der Waals surface area contributed by atoms with Crippen molar-refractivity contribution in [2.75, 3.05) is 0 Å². The molecule has 0 aliphatic rings. The van der Waals surface area contributed by atoms with E-state index in [9.17, 15) is 0 Å². The van der Waals surface area contributed by atoms with Crippen molar-refractivity contribution in [3.63, 3.8) is 0 Å². The van der Waals surface area contributed by atoms with Crippen LogP contribution in [0.4, 0.5) is 0 Å². The lowest BCUT2D eigenvalue weighted by atomic mass is 10.1. The normalized spacial score (nSPS) is 13.8. The summed E-state index contributed by atoms with van der Waals surface area (Å²) >= 11 is 0. The summed E-state index contributed by atoms with van der Waals surface area (Å²) in [5, 5.41) is 0. The van der Waals surface area contributed by atoms with E-state index in [4.69, 9.17) is 0 Å². The third-order valence-electron chi connectivity index (χ3n) is 1.84. The summed E-state index contributed by atoms with van der Waals surface area (Å²) in [5.41, 5.74) is 3.18. The quantitative estimate of drug-likeness (QED) is 0.447. The molecule has 1 heteroatoms.